The average Bonchev–Trinajstić information content (AvgIpc) is 3.64. The smallest absolute Gasteiger partial charge is 0.339 e. The quantitative estimate of drug-likeness (QED) is 0.425. The van der Waals surface area contributed by atoms with E-state index in [4.69, 9.17) is 23.4 Å². The van der Waals surface area contributed by atoms with Crippen LogP contribution in [0.5, 0.6) is 0 Å². The second kappa shape index (κ2) is 5.36. The van der Waals surface area contributed by atoms with Crippen LogP contribution in [0.2, 0.25) is 0 Å². The van der Waals surface area contributed by atoms with Gasteiger partial charge in [0.25, 0.3) is 0 Å². The van der Waals surface area contributed by atoms with Crippen LogP contribution in [0.3, 0.4) is 0 Å². The molecule has 10 heteroatoms. The van der Waals surface area contributed by atoms with E-state index in [2.05, 4.69) is 0 Å². The number of ether oxygens (including phenoxy) is 4. The molecule has 0 radical (unpaired) electrons. The second-order valence-corrected chi connectivity index (χ2v) is 12.4. The minimum absolute atomic E-state index is 0.254. The van der Waals surface area contributed by atoms with Crippen LogP contribution in [0.25, 0.3) is 0 Å². The molecule has 190 valence electrons. The van der Waals surface area contributed by atoms with Crippen LogP contribution in [-0.2, 0) is 33.3 Å². The van der Waals surface area contributed by atoms with E-state index in [1.54, 1.807) is 19.9 Å². The van der Waals surface area contributed by atoms with Crippen LogP contribution in [-0.4, -0.2) is 68.1 Å². The molecule has 8 rings (SSSR count). The molecule has 5 heterocycles. The number of hydrogen-bond acceptors (Lipinski definition) is 10. The molecule has 4 aliphatic heterocycles. The Morgan fingerprint density at radius 2 is 1.78 bits per heavy atom. The van der Waals surface area contributed by atoms with Crippen molar-refractivity contribution in [3.05, 3.63) is 35.3 Å². The molecule has 2 N–H and O–H groups in total. The van der Waals surface area contributed by atoms with Gasteiger partial charge in [-0.2, -0.15) is 0 Å². The lowest BCUT2D eigenvalue weighted by atomic mass is 9.41. The number of furan rings is 1. The normalized spacial score (nSPS) is 54.9. The SMILES string of the molecule is CC1(C)C(=O)[C@]2(O)C[C@]34O[C@H]3CC[C@@]3(C)C4=C(C(=O)O[C@H]3c3ccoc3)[C@@]2(O)[C@]2(C)OC(=O)[C@H]3O[C@@]312. The van der Waals surface area contributed by atoms with Gasteiger partial charge in [0.05, 0.1) is 29.6 Å². The molecule has 0 unspecified atom stereocenters. The number of carbonyl (C=O) groups is 3. The van der Waals surface area contributed by atoms with Gasteiger partial charge in [0, 0.05) is 17.4 Å². The first-order chi connectivity index (χ1) is 16.8. The van der Waals surface area contributed by atoms with Gasteiger partial charge in [-0.05, 0) is 45.3 Å². The fourth-order valence-electron chi connectivity index (χ4n) is 9.11. The molecule has 10 nitrogen and oxygen atoms in total. The number of aliphatic hydroxyl groups is 2. The maximum atomic E-state index is 14.2. The Balaban J connectivity index is 1.47. The van der Waals surface area contributed by atoms with E-state index in [1.165, 1.54) is 19.5 Å². The molecule has 0 aromatic carbocycles. The van der Waals surface area contributed by atoms with Crippen LogP contribution < -0.4 is 0 Å². The van der Waals surface area contributed by atoms with Crippen LogP contribution in [0.1, 0.15) is 58.6 Å². The highest BCUT2D eigenvalue weighted by molar-refractivity contribution is 6.07. The van der Waals surface area contributed by atoms with Crippen molar-refractivity contribution in [2.45, 2.75) is 93.3 Å². The number of fused-ring (bicyclic) bond motifs is 3. The lowest BCUT2D eigenvalue weighted by Gasteiger charge is -2.65. The summed E-state index contributed by atoms with van der Waals surface area (Å²) in [6.45, 7) is 6.55. The highest BCUT2D eigenvalue weighted by atomic mass is 16.7. The largest absolute Gasteiger partial charge is 0.472 e. The Morgan fingerprint density at radius 1 is 1.03 bits per heavy atom. The predicted molar refractivity (Wildman–Crippen MR) is 115 cm³/mol. The van der Waals surface area contributed by atoms with Crippen molar-refractivity contribution >= 4 is 17.7 Å². The van der Waals surface area contributed by atoms with E-state index in [-0.39, 0.29) is 18.1 Å². The van der Waals surface area contributed by atoms with Crippen molar-refractivity contribution in [3.8, 4) is 0 Å². The summed E-state index contributed by atoms with van der Waals surface area (Å²) in [6, 6.07) is 1.72. The van der Waals surface area contributed by atoms with E-state index in [0.717, 1.165) is 0 Å². The molecule has 3 aliphatic carbocycles. The van der Waals surface area contributed by atoms with Gasteiger partial charge in [0.2, 0.25) is 0 Å². The molecule has 1 aromatic rings. The molecular weight excluding hydrogens is 472 g/mol. The van der Waals surface area contributed by atoms with Crippen molar-refractivity contribution in [2.24, 2.45) is 10.8 Å². The topological polar surface area (TPSA) is 148 Å². The van der Waals surface area contributed by atoms with Crippen molar-refractivity contribution < 1.29 is 48.0 Å². The predicted octanol–water partition coefficient (Wildman–Crippen LogP) is 1.04. The van der Waals surface area contributed by atoms with E-state index >= 15 is 0 Å². The Labute approximate surface area is 205 Å². The summed E-state index contributed by atoms with van der Waals surface area (Å²) in [6.07, 6.45) is 1.79. The van der Waals surface area contributed by atoms with Crippen molar-refractivity contribution in [1.82, 2.24) is 0 Å². The van der Waals surface area contributed by atoms with Gasteiger partial charge in [-0.1, -0.05) is 6.92 Å². The molecule has 0 bridgehead atoms. The van der Waals surface area contributed by atoms with Gasteiger partial charge in [-0.3, -0.25) is 4.79 Å². The highest BCUT2D eigenvalue weighted by Gasteiger charge is 2.98. The molecule has 2 spiro atoms. The second-order valence-electron chi connectivity index (χ2n) is 12.4. The molecule has 0 amide bonds. The summed E-state index contributed by atoms with van der Waals surface area (Å²) >= 11 is 0. The number of carbonyl (C=O) groups excluding carboxylic acids is 3. The van der Waals surface area contributed by atoms with Crippen molar-refractivity contribution in [2.75, 3.05) is 0 Å². The van der Waals surface area contributed by atoms with Gasteiger partial charge in [0.15, 0.2) is 34.3 Å². The Bertz CT molecular complexity index is 1360. The number of hydrogen-bond donors (Lipinski definition) is 2. The maximum Gasteiger partial charge on any atom is 0.339 e. The summed E-state index contributed by atoms with van der Waals surface area (Å²) in [5.41, 5.74) is -11.1. The zero-order chi connectivity index (χ0) is 25.5. The van der Waals surface area contributed by atoms with Gasteiger partial charge < -0.3 is 33.6 Å². The third-order valence-corrected chi connectivity index (χ3v) is 10.7. The standard InChI is InChI=1S/C26H26O10/c1-20(2)19(29)24(30)10-23-12(34-23)5-7-21(3)14(23)13(17(27)33-15(21)11-6-8-32-9-11)25(24,31)22(4)26(20)16(35-26)18(28)36-22/h6,8-9,12,15-16,30-31H,5,7,10H2,1-4H3/t12-,15-,16+,21-,22-,23-,24+,25+,26-/m0/s1. The number of cyclic esters (lactones) is 1. The maximum absolute atomic E-state index is 14.2. The third-order valence-electron chi connectivity index (χ3n) is 10.7. The Hall–Kier alpha value is -2.53. The number of Topliss-reactive ketones (excluding diaryl/α,β-unsaturated/α-hetero) is 1. The number of epoxide rings is 2. The number of rotatable bonds is 1. The first-order valence-electron chi connectivity index (χ1n) is 12.3. The molecular formula is C26H26O10. The Kier molecular flexibility index (Phi) is 3.21. The molecule has 3 saturated heterocycles. The van der Waals surface area contributed by atoms with E-state index in [0.29, 0.717) is 24.0 Å². The lowest BCUT2D eigenvalue weighted by Crippen LogP contribution is -2.86. The van der Waals surface area contributed by atoms with Crippen molar-refractivity contribution in [3.63, 3.8) is 0 Å². The molecule has 2 saturated carbocycles. The molecule has 9 atom stereocenters. The van der Waals surface area contributed by atoms with Gasteiger partial charge in [0.1, 0.15) is 11.7 Å². The third kappa shape index (κ3) is 1.69. The summed E-state index contributed by atoms with van der Waals surface area (Å²) in [5.74, 6) is -2.36. The average molecular weight is 498 g/mol. The summed E-state index contributed by atoms with van der Waals surface area (Å²) in [7, 11) is 0. The molecule has 1 aromatic heterocycles. The van der Waals surface area contributed by atoms with Crippen LogP contribution >= 0.6 is 0 Å². The molecule has 5 fully saturated rings. The van der Waals surface area contributed by atoms with Gasteiger partial charge in [-0.15, -0.1) is 0 Å². The summed E-state index contributed by atoms with van der Waals surface area (Å²) in [5, 5.41) is 25.0. The zero-order valence-electron chi connectivity index (χ0n) is 20.2. The summed E-state index contributed by atoms with van der Waals surface area (Å²) < 4.78 is 29.1. The van der Waals surface area contributed by atoms with Gasteiger partial charge in [-0.25, -0.2) is 9.59 Å². The fourth-order valence-corrected chi connectivity index (χ4v) is 9.11. The number of esters is 2. The number of ketones is 1. The zero-order valence-corrected chi connectivity index (χ0v) is 20.2. The lowest BCUT2D eigenvalue weighted by molar-refractivity contribution is -0.285. The van der Waals surface area contributed by atoms with E-state index in [9.17, 15) is 24.6 Å². The molecule has 7 aliphatic rings. The minimum atomic E-state index is -2.62. The first-order valence-corrected chi connectivity index (χ1v) is 12.3. The highest BCUT2D eigenvalue weighted by Crippen LogP contribution is 2.78. The van der Waals surface area contributed by atoms with E-state index < -0.39 is 68.8 Å². The van der Waals surface area contributed by atoms with Gasteiger partial charge >= 0.3 is 11.9 Å². The van der Waals surface area contributed by atoms with Crippen LogP contribution in [0.4, 0.5) is 0 Å². The van der Waals surface area contributed by atoms with E-state index in [1.807, 2.05) is 6.92 Å². The monoisotopic (exact) mass is 498 g/mol. The minimum Gasteiger partial charge on any atom is -0.472 e. The fraction of sp³-hybridized carbons (Fsp3) is 0.654. The van der Waals surface area contributed by atoms with Crippen LogP contribution in [0.15, 0.2) is 34.2 Å². The first kappa shape index (κ1) is 21.5. The molecule has 36 heavy (non-hydrogen) atoms. The van der Waals surface area contributed by atoms with Crippen molar-refractivity contribution in [1.29, 1.82) is 0 Å². The Morgan fingerprint density at radius 3 is 2.44 bits per heavy atom. The summed E-state index contributed by atoms with van der Waals surface area (Å²) in [4.78, 5) is 41.0. The van der Waals surface area contributed by atoms with Crippen LogP contribution in [0, 0.1) is 10.8 Å².